The molecule has 0 spiro atoms. The molecule has 0 radical (unpaired) electrons. The maximum Gasteiger partial charge on any atom is 0.200 e. The number of rotatable bonds is 16. The summed E-state index contributed by atoms with van der Waals surface area (Å²) in [4.78, 5) is 0. The van der Waals surface area contributed by atoms with Crippen LogP contribution >= 0.6 is 7.37 Å². The molecule has 1 N–H and O–H groups in total. The highest BCUT2D eigenvalue weighted by Gasteiger charge is 2.14. The summed E-state index contributed by atoms with van der Waals surface area (Å²) in [5, 5.41) is 8.66. The van der Waals surface area contributed by atoms with Crippen molar-refractivity contribution < 1.29 is 14.2 Å². The van der Waals surface area contributed by atoms with Gasteiger partial charge in [-0.25, -0.2) is 0 Å². The molecular weight excluding hydrogens is 283 g/mol. The van der Waals surface area contributed by atoms with Gasteiger partial charge in [-0.15, -0.1) is 0 Å². The van der Waals surface area contributed by atoms with Crippen LogP contribution in [-0.4, -0.2) is 31.1 Å². The Morgan fingerprint density at radius 2 is 1.24 bits per heavy atom. The van der Waals surface area contributed by atoms with Crippen molar-refractivity contribution in [2.75, 3.05) is 26.0 Å². The van der Waals surface area contributed by atoms with E-state index in [-0.39, 0.29) is 13.2 Å². The summed E-state index contributed by atoms with van der Waals surface area (Å²) in [5.41, 5.74) is 0. The average molecular weight is 320 g/mol. The summed E-state index contributed by atoms with van der Waals surface area (Å²) in [7, 11) is -2.45. The molecule has 0 bridgehead atoms. The van der Waals surface area contributed by atoms with Crippen LogP contribution in [0.3, 0.4) is 0 Å². The van der Waals surface area contributed by atoms with Gasteiger partial charge in [0.25, 0.3) is 0 Å². The lowest BCUT2D eigenvalue weighted by molar-refractivity contribution is 0.203. The van der Waals surface area contributed by atoms with Gasteiger partial charge in [-0.3, -0.25) is 4.57 Å². The van der Waals surface area contributed by atoms with Crippen LogP contribution in [0.1, 0.15) is 84.0 Å². The molecule has 0 fully saturated rings. The molecular formula is C17H37O3P. The first-order chi connectivity index (χ1) is 10.1. The fourth-order valence-electron chi connectivity index (χ4n) is 2.54. The second-order valence-corrected chi connectivity index (χ2v) is 8.92. The fraction of sp³-hybridized carbons (Fsp3) is 1.00. The maximum atomic E-state index is 11.9. The second-order valence-electron chi connectivity index (χ2n) is 6.18. The van der Waals surface area contributed by atoms with Crippen molar-refractivity contribution in [1.82, 2.24) is 0 Å². The highest BCUT2D eigenvalue weighted by molar-refractivity contribution is 7.58. The van der Waals surface area contributed by atoms with E-state index in [1.54, 1.807) is 6.66 Å². The molecule has 0 rings (SSSR count). The predicted octanol–water partition coefficient (Wildman–Crippen LogP) is 5.60. The first-order valence-corrected chi connectivity index (χ1v) is 11.2. The molecule has 128 valence electrons. The summed E-state index contributed by atoms with van der Waals surface area (Å²) in [5.74, 6) is 0. The van der Waals surface area contributed by atoms with Crippen molar-refractivity contribution in [3.05, 3.63) is 0 Å². The quantitative estimate of drug-likeness (QED) is 0.297. The molecule has 0 aromatic rings. The van der Waals surface area contributed by atoms with Crippen LogP contribution < -0.4 is 0 Å². The minimum absolute atomic E-state index is 0.0454. The molecule has 0 saturated carbocycles. The Kier molecular flexibility index (Phi) is 15.2. The monoisotopic (exact) mass is 320 g/mol. The van der Waals surface area contributed by atoms with E-state index in [4.69, 9.17) is 9.63 Å². The lowest BCUT2D eigenvalue weighted by Gasteiger charge is -2.12. The highest BCUT2D eigenvalue weighted by Crippen LogP contribution is 2.43. The summed E-state index contributed by atoms with van der Waals surface area (Å²) >= 11 is 0. The normalized spacial score (nSPS) is 14.2. The molecule has 0 aliphatic heterocycles. The molecule has 0 aromatic carbocycles. The summed E-state index contributed by atoms with van der Waals surface area (Å²) in [6, 6.07) is 0. The van der Waals surface area contributed by atoms with Crippen LogP contribution in [0, 0.1) is 0 Å². The van der Waals surface area contributed by atoms with Crippen LogP contribution in [-0.2, 0) is 9.09 Å². The molecule has 21 heavy (non-hydrogen) atoms. The molecule has 0 heterocycles. The van der Waals surface area contributed by atoms with Crippen LogP contribution in [0.25, 0.3) is 0 Å². The average Bonchev–Trinajstić information content (AvgIpc) is 2.46. The molecule has 0 amide bonds. The summed E-state index contributed by atoms with van der Waals surface area (Å²) in [6.07, 6.45) is 16.4. The van der Waals surface area contributed by atoms with Gasteiger partial charge in [-0.2, -0.15) is 0 Å². The standard InChI is InChI=1S/C17H37O3P/c1-3-4-5-6-7-8-9-10-11-12-13-14-17-21(2,19)20-16-15-18/h18H,3-17H2,1-2H3. The number of hydrogen-bond donors (Lipinski definition) is 1. The molecule has 0 aliphatic carbocycles. The van der Waals surface area contributed by atoms with Crippen molar-refractivity contribution in [2.45, 2.75) is 84.0 Å². The van der Waals surface area contributed by atoms with Crippen LogP contribution in [0.2, 0.25) is 0 Å². The fourth-order valence-corrected chi connectivity index (χ4v) is 3.93. The first kappa shape index (κ1) is 21.1. The third-order valence-corrected chi connectivity index (χ3v) is 5.73. The van der Waals surface area contributed by atoms with Crippen molar-refractivity contribution in [2.24, 2.45) is 0 Å². The number of hydrogen-bond acceptors (Lipinski definition) is 3. The Labute approximate surface area is 132 Å². The van der Waals surface area contributed by atoms with Crippen LogP contribution in [0.15, 0.2) is 0 Å². The third kappa shape index (κ3) is 16.3. The number of aliphatic hydroxyl groups excluding tert-OH is 1. The Balaban J connectivity index is 3.20. The van der Waals surface area contributed by atoms with Crippen LogP contribution in [0.5, 0.6) is 0 Å². The molecule has 0 saturated heterocycles. The minimum Gasteiger partial charge on any atom is -0.394 e. The minimum atomic E-state index is -2.45. The lowest BCUT2D eigenvalue weighted by Crippen LogP contribution is -1.99. The Hall–Kier alpha value is 0.150. The zero-order chi connectivity index (χ0) is 15.8. The summed E-state index contributed by atoms with van der Waals surface area (Å²) < 4.78 is 17.1. The van der Waals surface area contributed by atoms with E-state index in [1.165, 1.54) is 64.2 Å². The number of aliphatic hydroxyl groups is 1. The van der Waals surface area contributed by atoms with Crippen molar-refractivity contribution in [3.8, 4) is 0 Å². The summed E-state index contributed by atoms with van der Waals surface area (Å²) in [6.45, 7) is 4.10. The van der Waals surface area contributed by atoms with Crippen molar-refractivity contribution >= 4 is 7.37 Å². The van der Waals surface area contributed by atoms with E-state index < -0.39 is 7.37 Å². The van der Waals surface area contributed by atoms with Gasteiger partial charge in [0, 0.05) is 12.8 Å². The van der Waals surface area contributed by atoms with Gasteiger partial charge >= 0.3 is 0 Å². The van der Waals surface area contributed by atoms with E-state index in [9.17, 15) is 4.57 Å². The van der Waals surface area contributed by atoms with E-state index in [0.717, 1.165) is 12.8 Å². The van der Waals surface area contributed by atoms with E-state index >= 15 is 0 Å². The van der Waals surface area contributed by atoms with Gasteiger partial charge in [0.2, 0.25) is 0 Å². The molecule has 0 aromatic heterocycles. The Bertz CT molecular complexity index is 256. The maximum absolute atomic E-state index is 11.9. The van der Waals surface area contributed by atoms with Gasteiger partial charge in [-0.1, -0.05) is 77.6 Å². The van der Waals surface area contributed by atoms with Gasteiger partial charge < -0.3 is 9.63 Å². The van der Waals surface area contributed by atoms with Gasteiger partial charge in [-0.05, 0) is 6.42 Å². The SMILES string of the molecule is CCCCCCCCCCCCCCP(C)(=O)OCCO. The Morgan fingerprint density at radius 3 is 1.67 bits per heavy atom. The molecule has 4 heteroatoms. The molecule has 0 aliphatic rings. The predicted molar refractivity (Wildman–Crippen MR) is 92.5 cm³/mol. The molecule has 1 unspecified atom stereocenters. The van der Waals surface area contributed by atoms with E-state index in [0.29, 0.717) is 6.16 Å². The van der Waals surface area contributed by atoms with Crippen molar-refractivity contribution in [3.63, 3.8) is 0 Å². The second kappa shape index (κ2) is 15.1. The zero-order valence-electron chi connectivity index (χ0n) is 14.3. The molecule has 1 atom stereocenters. The topological polar surface area (TPSA) is 46.5 Å². The first-order valence-electron chi connectivity index (χ1n) is 8.94. The lowest BCUT2D eigenvalue weighted by atomic mass is 10.1. The highest BCUT2D eigenvalue weighted by atomic mass is 31.2. The van der Waals surface area contributed by atoms with Crippen LogP contribution in [0.4, 0.5) is 0 Å². The smallest absolute Gasteiger partial charge is 0.200 e. The van der Waals surface area contributed by atoms with E-state index in [1.807, 2.05) is 0 Å². The van der Waals surface area contributed by atoms with Gasteiger partial charge in [0.15, 0.2) is 7.37 Å². The van der Waals surface area contributed by atoms with Gasteiger partial charge in [0.05, 0.1) is 13.2 Å². The Morgan fingerprint density at radius 1 is 0.810 bits per heavy atom. The zero-order valence-corrected chi connectivity index (χ0v) is 15.2. The van der Waals surface area contributed by atoms with Gasteiger partial charge in [0.1, 0.15) is 0 Å². The van der Waals surface area contributed by atoms with E-state index in [2.05, 4.69) is 6.92 Å². The van der Waals surface area contributed by atoms with Crippen molar-refractivity contribution in [1.29, 1.82) is 0 Å². The number of unbranched alkanes of at least 4 members (excludes halogenated alkanes) is 11. The third-order valence-electron chi connectivity index (χ3n) is 3.87. The largest absolute Gasteiger partial charge is 0.394 e. The molecule has 3 nitrogen and oxygen atoms in total.